The summed E-state index contributed by atoms with van der Waals surface area (Å²) in [6.45, 7) is 4.08. The molecule has 0 amide bonds. The fourth-order valence-corrected chi connectivity index (χ4v) is 2.80. The molecule has 0 N–H and O–H groups in total. The first-order valence-corrected chi connectivity index (χ1v) is 8.27. The van der Waals surface area contributed by atoms with E-state index < -0.39 is 0 Å². The number of hydrogen-bond acceptors (Lipinski definition) is 4. The van der Waals surface area contributed by atoms with Gasteiger partial charge >= 0.3 is 5.97 Å². The number of unbranched alkanes of at least 4 members (excludes halogenated alkanes) is 1. The van der Waals surface area contributed by atoms with Crippen LogP contribution in [0, 0.1) is 6.92 Å². The second-order valence-electron chi connectivity index (χ2n) is 4.27. The number of esters is 1. The number of benzene rings is 1. The molecule has 1 aromatic rings. The lowest BCUT2D eigenvalue weighted by Gasteiger charge is -2.10. The molecule has 0 saturated heterocycles. The first-order chi connectivity index (χ1) is 9.67. The van der Waals surface area contributed by atoms with E-state index in [0.29, 0.717) is 6.61 Å². The van der Waals surface area contributed by atoms with Crippen molar-refractivity contribution in [1.82, 2.24) is 0 Å². The molecule has 0 spiro atoms. The van der Waals surface area contributed by atoms with Gasteiger partial charge in [-0.15, -0.1) is 23.4 Å². The highest BCUT2D eigenvalue weighted by Gasteiger charge is 2.06. The molecule has 1 aromatic carbocycles. The van der Waals surface area contributed by atoms with Crippen molar-refractivity contribution in [2.45, 2.75) is 31.6 Å². The monoisotopic (exact) mass is 316 g/mol. The highest BCUT2D eigenvalue weighted by molar-refractivity contribution is 7.99. The summed E-state index contributed by atoms with van der Waals surface area (Å²) in [6.07, 6.45) is 2.17. The number of hydrogen-bond donors (Lipinski definition) is 0. The molecule has 0 heterocycles. The average molecular weight is 317 g/mol. The van der Waals surface area contributed by atoms with Gasteiger partial charge in [-0.25, -0.2) is 4.79 Å². The van der Waals surface area contributed by atoms with Gasteiger partial charge in [-0.05, 0) is 56.2 Å². The topological polar surface area (TPSA) is 35.5 Å². The summed E-state index contributed by atoms with van der Waals surface area (Å²) >= 11 is 7.46. The minimum atomic E-state index is -0.341. The Bertz CT molecular complexity index is 424. The van der Waals surface area contributed by atoms with Crippen molar-refractivity contribution in [3.05, 3.63) is 23.8 Å². The summed E-state index contributed by atoms with van der Waals surface area (Å²) in [6, 6.07) is 5.99. The molecule has 0 fully saturated rings. The largest absolute Gasteiger partial charge is 0.482 e. The van der Waals surface area contributed by atoms with Crippen LogP contribution in [0.15, 0.2) is 23.1 Å². The van der Waals surface area contributed by atoms with Gasteiger partial charge in [0.15, 0.2) is 6.61 Å². The average Bonchev–Trinajstić information content (AvgIpc) is 2.43. The van der Waals surface area contributed by atoms with Gasteiger partial charge in [0.2, 0.25) is 0 Å². The summed E-state index contributed by atoms with van der Waals surface area (Å²) in [5.74, 6) is 2.17. The lowest BCUT2D eigenvalue weighted by atomic mass is 10.2. The van der Waals surface area contributed by atoms with E-state index in [9.17, 15) is 4.79 Å². The van der Waals surface area contributed by atoms with E-state index in [2.05, 4.69) is 6.07 Å². The summed E-state index contributed by atoms with van der Waals surface area (Å²) in [7, 11) is 0. The number of ether oxygens (including phenoxy) is 2. The predicted molar refractivity (Wildman–Crippen MR) is 84.0 cm³/mol. The number of aryl methyl sites for hydroxylation is 1. The Hall–Kier alpha value is -0.870. The Kier molecular flexibility index (Phi) is 8.54. The van der Waals surface area contributed by atoms with E-state index in [1.807, 2.05) is 30.8 Å². The van der Waals surface area contributed by atoms with Crippen LogP contribution in [0.2, 0.25) is 0 Å². The van der Waals surface area contributed by atoms with E-state index in [0.717, 1.165) is 35.8 Å². The van der Waals surface area contributed by atoms with Crippen LogP contribution in [-0.2, 0) is 9.53 Å². The maximum atomic E-state index is 11.2. The summed E-state index contributed by atoms with van der Waals surface area (Å²) in [5, 5.41) is 0. The molecule has 0 unspecified atom stereocenters. The smallest absolute Gasteiger partial charge is 0.344 e. The van der Waals surface area contributed by atoms with Gasteiger partial charge in [-0.1, -0.05) is 0 Å². The Balaban J connectivity index is 2.44. The molecule has 0 atom stereocenters. The van der Waals surface area contributed by atoms with Crippen molar-refractivity contribution < 1.29 is 14.3 Å². The third-order valence-corrected chi connectivity index (χ3v) is 3.94. The van der Waals surface area contributed by atoms with Crippen molar-refractivity contribution in [1.29, 1.82) is 0 Å². The van der Waals surface area contributed by atoms with Gasteiger partial charge in [-0.2, -0.15) is 0 Å². The van der Waals surface area contributed by atoms with Crippen LogP contribution in [0.5, 0.6) is 5.75 Å². The Morgan fingerprint density at radius 2 is 2.15 bits per heavy atom. The minimum absolute atomic E-state index is 0.0448. The molecule has 0 aliphatic rings. The molecular formula is C15H21ClO3S. The van der Waals surface area contributed by atoms with E-state index in [4.69, 9.17) is 21.1 Å². The maximum absolute atomic E-state index is 11.2. The van der Waals surface area contributed by atoms with Crippen LogP contribution in [0.1, 0.15) is 25.3 Å². The number of thioether (sulfide) groups is 1. The minimum Gasteiger partial charge on any atom is -0.482 e. The number of carbonyl (C=O) groups excluding carboxylic acids is 1. The Labute approximate surface area is 130 Å². The predicted octanol–water partition coefficient (Wildman–Crippen LogP) is 4.05. The van der Waals surface area contributed by atoms with Crippen molar-refractivity contribution in [3.63, 3.8) is 0 Å². The molecule has 1 rings (SSSR count). The number of rotatable bonds is 9. The zero-order valence-corrected chi connectivity index (χ0v) is 13.6. The molecular weight excluding hydrogens is 296 g/mol. The first-order valence-electron chi connectivity index (χ1n) is 6.75. The first kappa shape index (κ1) is 17.2. The maximum Gasteiger partial charge on any atom is 0.344 e. The highest BCUT2D eigenvalue weighted by Crippen LogP contribution is 2.26. The summed E-state index contributed by atoms with van der Waals surface area (Å²) < 4.78 is 10.3. The van der Waals surface area contributed by atoms with Gasteiger partial charge in [0.25, 0.3) is 0 Å². The molecule has 20 heavy (non-hydrogen) atoms. The third-order valence-electron chi connectivity index (χ3n) is 2.59. The lowest BCUT2D eigenvalue weighted by Crippen LogP contribution is -2.14. The Morgan fingerprint density at radius 1 is 1.35 bits per heavy atom. The van der Waals surface area contributed by atoms with Crippen molar-refractivity contribution in [3.8, 4) is 5.75 Å². The van der Waals surface area contributed by atoms with Gasteiger partial charge in [-0.3, -0.25) is 0 Å². The molecule has 0 saturated carbocycles. The molecule has 112 valence electrons. The van der Waals surface area contributed by atoms with Crippen LogP contribution in [0.4, 0.5) is 0 Å². The summed E-state index contributed by atoms with van der Waals surface area (Å²) in [5.41, 5.74) is 1.02. The quantitative estimate of drug-likeness (QED) is 0.298. The van der Waals surface area contributed by atoms with Gasteiger partial charge in [0.1, 0.15) is 5.75 Å². The van der Waals surface area contributed by atoms with Gasteiger partial charge in [0, 0.05) is 10.8 Å². The zero-order chi connectivity index (χ0) is 14.8. The molecule has 0 aromatic heterocycles. The fraction of sp³-hybridized carbons (Fsp3) is 0.533. The van der Waals surface area contributed by atoms with Crippen molar-refractivity contribution >= 4 is 29.3 Å². The van der Waals surface area contributed by atoms with Gasteiger partial charge in [0.05, 0.1) is 6.61 Å². The van der Waals surface area contributed by atoms with E-state index >= 15 is 0 Å². The SMILES string of the molecule is CCOC(=O)COc1ccc(SCCCCCl)cc1C. The van der Waals surface area contributed by atoms with Crippen LogP contribution >= 0.6 is 23.4 Å². The number of halogens is 1. The molecule has 0 aliphatic heterocycles. The van der Waals surface area contributed by atoms with Crippen LogP contribution in [0.25, 0.3) is 0 Å². The van der Waals surface area contributed by atoms with Crippen molar-refractivity contribution in [2.24, 2.45) is 0 Å². The van der Waals surface area contributed by atoms with E-state index in [1.165, 1.54) is 4.90 Å². The van der Waals surface area contributed by atoms with E-state index in [1.54, 1.807) is 6.92 Å². The molecule has 0 radical (unpaired) electrons. The second-order valence-corrected chi connectivity index (χ2v) is 5.81. The molecule has 0 bridgehead atoms. The standard InChI is InChI=1S/C15H21ClO3S/c1-3-18-15(17)11-19-14-7-6-13(10-12(14)2)20-9-5-4-8-16/h6-7,10H,3-5,8-9,11H2,1-2H3. The molecule has 5 heteroatoms. The van der Waals surface area contributed by atoms with Crippen LogP contribution in [0.3, 0.4) is 0 Å². The van der Waals surface area contributed by atoms with Gasteiger partial charge < -0.3 is 9.47 Å². The third kappa shape index (κ3) is 6.53. The second kappa shape index (κ2) is 9.94. The normalized spacial score (nSPS) is 10.3. The zero-order valence-electron chi connectivity index (χ0n) is 12.0. The number of carbonyl (C=O) groups is 1. The van der Waals surface area contributed by atoms with Crippen molar-refractivity contribution in [2.75, 3.05) is 24.8 Å². The highest BCUT2D eigenvalue weighted by atomic mass is 35.5. The number of alkyl halides is 1. The van der Waals surface area contributed by atoms with Crippen LogP contribution in [-0.4, -0.2) is 30.8 Å². The molecule has 3 nitrogen and oxygen atoms in total. The van der Waals surface area contributed by atoms with Crippen LogP contribution < -0.4 is 4.74 Å². The lowest BCUT2D eigenvalue weighted by molar-refractivity contribution is -0.145. The molecule has 0 aliphatic carbocycles. The fourth-order valence-electron chi connectivity index (χ4n) is 1.60. The Morgan fingerprint density at radius 3 is 2.80 bits per heavy atom. The summed E-state index contributed by atoms with van der Waals surface area (Å²) in [4.78, 5) is 12.4. The van der Waals surface area contributed by atoms with E-state index in [-0.39, 0.29) is 12.6 Å².